The van der Waals surface area contributed by atoms with E-state index in [1.54, 1.807) is 4.68 Å². The number of rotatable bonds is 4. The van der Waals surface area contributed by atoms with Gasteiger partial charge in [0.1, 0.15) is 6.10 Å². The Balaban J connectivity index is 1.82. The lowest BCUT2D eigenvalue weighted by Gasteiger charge is -2.24. The first-order valence-corrected chi connectivity index (χ1v) is 6.82. The van der Waals surface area contributed by atoms with Crippen LogP contribution >= 0.6 is 0 Å². The normalized spacial score (nSPS) is 25.8. The van der Waals surface area contributed by atoms with E-state index in [1.165, 1.54) is 0 Å². The molecule has 1 aromatic heterocycles. The Bertz CT molecular complexity index is 461. The molecular formula is C12H18N4O3. The molecule has 19 heavy (non-hydrogen) atoms. The number of aliphatic carboxylic acids is 1. The van der Waals surface area contributed by atoms with Gasteiger partial charge in [0.15, 0.2) is 5.82 Å². The molecular weight excluding hydrogens is 248 g/mol. The average Bonchev–Trinajstić information content (AvgIpc) is 3.09. The lowest BCUT2D eigenvalue weighted by atomic mass is 9.86. The lowest BCUT2D eigenvalue weighted by molar-refractivity contribution is -0.149. The molecule has 0 amide bonds. The van der Waals surface area contributed by atoms with Crippen molar-refractivity contribution >= 4 is 5.97 Å². The molecule has 1 saturated carbocycles. The molecule has 7 nitrogen and oxygen atoms in total. The number of aromatic nitrogens is 4. The molecule has 1 aliphatic heterocycles. The van der Waals surface area contributed by atoms with Crippen LogP contribution in [0.1, 0.15) is 50.5 Å². The van der Waals surface area contributed by atoms with Crippen molar-refractivity contribution in [1.29, 1.82) is 0 Å². The predicted octanol–water partition coefficient (Wildman–Crippen LogP) is 1.17. The van der Waals surface area contributed by atoms with Crippen LogP contribution in [0.3, 0.4) is 0 Å². The fourth-order valence-electron chi connectivity index (χ4n) is 3.11. The summed E-state index contributed by atoms with van der Waals surface area (Å²) in [6, 6.07) is 0. The standard InChI is InChI=1S/C12H18N4O3/c17-11(18)12(5-1-2-6-12)8-16-10(13-14-15-16)9-4-3-7-19-9/h9H,1-8H2,(H,17,18). The maximum absolute atomic E-state index is 11.6. The van der Waals surface area contributed by atoms with Gasteiger partial charge >= 0.3 is 5.97 Å². The van der Waals surface area contributed by atoms with Crippen LogP contribution in [0.4, 0.5) is 0 Å². The molecule has 7 heteroatoms. The van der Waals surface area contributed by atoms with Gasteiger partial charge in [-0.3, -0.25) is 4.79 Å². The Morgan fingerprint density at radius 3 is 2.84 bits per heavy atom. The molecule has 2 fully saturated rings. The van der Waals surface area contributed by atoms with Gasteiger partial charge in [-0.05, 0) is 36.1 Å². The smallest absolute Gasteiger partial charge is 0.311 e. The zero-order chi connectivity index (χ0) is 13.3. The molecule has 0 spiro atoms. The molecule has 104 valence electrons. The van der Waals surface area contributed by atoms with E-state index in [1.807, 2.05) is 0 Å². The molecule has 3 rings (SSSR count). The summed E-state index contributed by atoms with van der Waals surface area (Å²) in [7, 11) is 0. The number of hydrogen-bond donors (Lipinski definition) is 1. The van der Waals surface area contributed by atoms with E-state index in [0.29, 0.717) is 25.2 Å². The summed E-state index contributed by atoms with van der Waals surface area (Å²) < 4.78 is 7.22. The third kappa shape index (κ3) is 2.22. The summed E-state index contributed by atoms with van der Waals surface area (Å²) in [6.45, 7) is 1.08. The predicted molar refractivity (Wildman–Crippen MR) is 64.3 cm³/mol. The van der Waals surface area contributed by atoms with Crippen molar-refractivity contribution in [2.45, 2.75) is 51.2 Å². The Kier molecular flexibility index (Phi) is 3.22. The molecule has 1 N–H and O–H groups in total. The molecule has 1 aromatic rings. The summed E-state index contributed by atoms with van der Waals surface area (Å²) >= 11 is 0. The van der Waals surface area contributed by atoms with Crippen LogP contribution in [0.25, 0.3) is 0 Å². The first kappa shape index (κ1) is 12.5. The summed E-state index contributed by atoms with van der Waals surface area (Å²) in [5.74, 6) is -0.0659. The van der Waals surface area contributed by atoms with Gasteiger partial charge < -0.3 is 9.84 Å². The van der Waals surface area contributed by atoms with Crippen molar-refractivity contribution in [3.63, 3.8) is 0 Å². The van der Waals surface area contributed by atoms with Gasteiger partial charge in [-0.2, -0.15) is 0 Å². The van der Waals surface area contributed by atoms with Gasteiger partial charge in [0.05, 0.1) is 12.0 Å². The van der Waals surface area contributed by atoms with E-state index in [4.69, 9.17) is 4.74 Å². The molecule has 1 saturated heterocycles. The van der Waals surface area contributed by atoms with Gasteiger partial charge in [-0.1, -0.05) is 12.8 Å². The second-order valence-corrected chi connectivity index (χ2v) is 5.49. The van der Waals surface area contributed by atoms with E-state index >= 15 is 0 Å². The van der Waals surface area contributed by atoms with Crippen molar-refractivity contribution in [3.8, 4) is 0 Å². The lowest BCUT2D eigenvalue weighted by Crippen LogP contribution is -2.34. The number of tetrazole rings is 1. The van der Waals surface area contributed by atoms with E-state index in [-0.39, 0.29) is 6.10 Å². The summed E-state index contributed by atoms with van der Waals surface area (Å²) in [6.07, 6.45) is 5.15. The molecule has 0 radical (unpaired) electrons. The third-order valence-electron chi connectivity index (χ3n) is 4.24. The molecule has 1 unspecified atom stereocenters. The van der Waals surface area contributed by atoms with Crippen LogP contribution in [0, 0.1) is 5.41 Å². The quantitative estimate of drug-likeness (QED) is 0.879. The number of hydrogen-bond acceptors (Lipinski definition) is 5. The maximum Gasteiger partial charge on any atom is 0.311 e. The Morgan fingerprint density at radius 1 is 1.42 bits per heavy atom. The highest BCUT2D eigenvalue weighted by molar-refractivity contribution is 5.74. The molecule has 1 aliphatic carbocycles. The zero-order valence-electron chi connectivity index (χ0n) is 10.8. The Hall–Kier alpha value is -1.50. The number of carboxylic acid groups (broad SMARTS) is 1. The van der Waals surface area contributed by atoms with Crippen LogP contribution in [0.5, 0.6) is 0 Å². The van der Waals surface area contributed by atoms with Crippen molar-refractivity contribution in [3.05, 3.63) is 5.82 Å². The van der Waals surface area contributed by atoms with Gasteiger partial charge in [-0.15, -0.1) is 5.10 Å². The highest BCUT2D eigenvalue weighted by Gasteiger charge is 2.43. The summed E-state index contributed by atoms with van der Waals surface area (Å²) in [5.41, 5.74) is -0.706. The van der Waals surface area contributed by atoms with Crippen LogP contribution in [-0.2, 0) is 16.1 Å². The minimum atomic E-state index is -0.737. The van der Waals surface area contributed by atoms with E-state index in [9.17, 15) is 9.90 Å². The molecule has 0 bridgehead atoms. The van der Waals surface area contributed by atoms with Gasteiger partial charge in [0.2, 0.25) is 0 Å². The molecule has 2 heterocycles. The first-order chi connectivity index (χ1) is 9.21. The van der Waals surface area contributed by atoms with E-state index in [0.717, 1.165) is 32.3 Å². The van der Waals surface area contributed by atoms with Crippen LogP contribution in [0.2, 0.25) is 0 Å². The minimum Gasteiger partial charge on any atom is -0.481 e. The molecule has 1 atom stereocenters. The van der Waals surface area contributed by atoms with Crippen molar-refractivity contribution in [2.75, 3.05) is 6.61 Å². The monoisotopic (exact) mass is 266 g/mol. The van der Waals surface area contributed by atoms with E-state index < -0.39 is 11.4 Å². The fraction of sp³-hybridized carbons (Fsp3) is 0.833. The van der Waals surface area contributed by atoms with Gasteiger partial charge in [0.25, 0.3) is 0 Å². The number of carbonyl (C=O) groups is 1. The summed E-state index contributed by atoms with van der Waals surface area (Å²) in [4.78, 5) is 11.6. The van der Waals surface area contributed by atoms with Crippen molar-refractivity contribution in [2.24, 2.45) is 5.41 Å². The van der Waals surface area contributed by atoms with Crippen LogP contribution < -0.4 is 0 Å². The SMILES string of the molecule is O=C(O)C1(Cn2nnnc2C2CCCO2)CCCC1. The average molecular weight is 266 g/mol. The highest BCUT2D eigenvalue weighted by atomic mass is 16.5. The number of nitrogens with zero attached hydrogens (tertiary/aromatic N) is 4. The number of ether oxygens (including phenoxy) is 1. The highest BCUT2D eigenvalue weighted by Crippen LogP contribution is 2.40. The van der Waals surface area contributed by atoms with E-state index in [2.05, 4.69) is 15.5 Å². The topological polar surface area (TPSA) is 90.1 Å². The Morgan fingerprint density at radius 2 is 2.21 bits per heavy atom. The third-order valence-corrected chi connectivity index (χ3v) is 4.24. The first-order valence-electron chi connectivity index (χ1n) is 6.82. The minimum absolute atomic E-state index is 0.0813. The van der Waals surface area contributed by atoms with Gasteiger partial charge in [-0.25, -0.2) is 4.68 Å². The number of carboxylic acids is 1. The van der Waals surface area contributed by atoms with Crippen molar-refractivity contribution in [1.82, 2.24) is 20.2 Å². The second-order valence-electron chi connectivity index (χ2n) is 5.49. The fourth-order valence-corrected chi connectivity index (χ4v) is 3.11. The summed E-state index contributed by atoms with van der Waals surface area (Å²) in [5, 5.41) is 21.2. The zero-order valence-corrected chi connectivity index (χ0v) is 10.8. The Labute approximate surface area is 110 Å². The van der Waals surface area contributed by atoms with Crippen molar-refractivity contribution < 1.29 is 14.6 Å². The van der Waals surface area contributed by atoms with Crippen LogP contribution in [-0.4, -0.2) is 37.9 Å². The largest absolute Gasteiger partial charge is 0.481 e. The maximum atomic E-state index is 11.6. The second kappa shape index (κ2) is 4.88. The van der Waals surface area contributed by atoms with Crippen LogP contribution in [0.15, 0.2) is 0 Å². The van der Waals surface area contributed by atoms with Gasteiger partial charge in [0, 0.05) is 6.61 Å². The molecule has 2 aliphatic rings. The molecule has 0 aromatic carbocycles.